The van der Waals surface area contributed by atoms with Gasteiger partial charge < -0.3 is 19.8 Å². The number of Topliss-reactive ketones (excluding diaryl/α,β-unsaturated/α-hetero) is 1. The Morgan fingerprint density at radius 3 is 1.61 bits per heavy atom. The average molecular weight is 904 g/mol. The number of aromatic nitrogens is 2. The molecule has 59 heavy (non-hydrogen) atoms. The van der Waals surface area contributed by atoms with Crippen molar-refractivity contribution in [2.24, 2.45) is 19.2 Å². The van der Waals surface area contributed by atoms with E-state index in [2.05, 4.69) is 15.4 Å². The summed E-state index contributed by atoms with van der Waals surface area (Å²) in [6, 6.07) is 8.00. The van der Waals surface area contributed by atoms with Crippen LogP contribution in [0.25, 0.3) is 0 Å². The number of carbonyl (C=O) groups is 3. The Kier molecular flexibility index (Phi) is 20.8. The van der Waals surface area contributed by atoms with Crippen LogP contribution in [0.1, 0.15) is 138 Å². The molecule has 0 radical (unpaired) electrons. The molecule has 2 amide bonds. The zero-order valence-corrected chi connectivity index (χ0v) is 35.0. The molecule has 330 valence electrons. The number of hydrogen-bond acceptors (Lipinski definition) is 5. The highest BCUT2D eigenvalue weighted by Gasteiger charge is 2.33. The topological polar surface area (TPSA) is 157 Å². The lowest BCUT2D eigenvalue weighted by atomic mass is 10.1. The molecule has 0 aliphatic heterocycles. The zero-order valence-electron chi connectivity index (χ0n) is 31.9. The number of benzene rings is 2. The van der Waals surface area contributed by atoms with Gasteiger partial charge in [-0.2, -0.15) is 0 Å². The van der Waals surface area contributed by atoms with Gasteiger partial charge in [0.25, 0.3) is 11.8 Å². The molecular formula is C42H62Cl2F2N6O5S2. The molecule has 0 fully saturated rings. The monoisotopic (exact) mass is 902 g/mol. The van der Waals surface area contributed by atoms with Crippen molar-refractivity contribution in [2.45, 2.75) is 112 Å². The van der Waals surface area contributed by atoms with Crippen molar-refractivity contribution in [1.82, 2.24) is 13.9 Å². The fourth-order valence-corrected chi connectivity index (χ4v) is 7.02. The Bertz CT molecular complexity index is 2180. The molecule has 2 aliphatic rings. The van der Waals surface area contributed by atoms with Gasteiger partial charge in [-0.05, 0) is 114 Å². The second-order valence-corrected chi connectivity index (χ2v) is 19.7. The maximum atomic E-state index is 13.3. The number of nitrogens with one attached hydrogen (secondary N) is 3. The minimum Gasteiger partial charge on any atom is -0.346 e. The van der Waals surface area contributed by atoms with Crippen LogP contribution >= 0.6 is 23.2 Å². The summed E-state index contributed by atoms with van der Waals surface area (Å²) in [6.07, 6.45) is 6.11. The van der Waals surface area contributed by atoms with Crippen molar-refractivity contribution < 1.29 is 31.6 Å². The Balaban J connectivity index is 0.000000944. The molecule has 5 N–H and O–H groups in total. The van der Waals surface area contributed by atoms with E-state index in [0.29, 0.717) is 41.2 Å². The second-order valence-electron chi connectivity index (χ2n) is 15.1. The van der Waals surface area contributed by atoms with E-state index in [1.807, 2.05) is 54.8 Å². The van der Waals surface area contributed by atoms with Gasteiger partial charge in [0.2, 0.25) is 0 Å². The van der Waals surface area contributed by atoms with Crippen LogP contribution in [0.15, 0.2) is 48.8 Å². The first-order chi connectivity index (χ1) is 25.5. The molecule has 6 rings (SSSR count). The molecule has 3 unspecified atom stereocenters. The van der Waals surface area contributed by atoms with Crippen molar-refractivity contribution in [3.63, 3.8) is 0 Å². The van der Waals surface area contributed by atoms with Gasteiger partial charge in [-0.1, -0.05) is 52.9 Å². The minimum absolute atomic E-state index is 0. The fourth-order valence-electron chi connectivity index (χ4n) is 5.80. The van der Waals surface area contributed by atoms with E-state index < -0.39 is 33.6 Å². The van der Waals surface area contributed by atoms with E-state index in [1.54, 1.807) is 22.4 Å². The molecular weight excluding hydrogens is 842 g/mol. The molecule has 11 nitrogen and oxygen atoms in total. The molecule has 0 spiro atoms. The van der Waals surface area contributed by atoms with Gasteiger partial charge in [0.05, 0.1) is 41.5 Å². The lowest BCUT2D eigenvalue weighted by Gasteiger charge is -2.21. The number of fused-ring (bicyclic) bond motifs is 2. The number of amides is 2. The molecule has 2 aliphatic carbocycles. The van der Waals surface area contributed by atoms with E-state index in [0.717, 1.165) is 29.5 Å². The predicted octanol–water partition coefficient (Wildman–Crippen LogP) is 10.3. The smallest absolute Gasteiger partial charge is 0.272 e. The largest absolute Gasteiger partial charge is 0.346 e. The zero-order chi connectivity index (χ0) is 41.2. The van der Waals surface area contributed by atoms with Gasteiger partial charge in [-0.15, -0.1) is 0 Å². The van der Waals surface area contributed by atoms with Crippen LogP contribution in [0.4, 0.5) is 20.2 Å². The highest BCUT2D eigenvalue weighted by Crippen LogP contribution is 2.36. The van der Waals surface area contributed by atoms with Gasteiger partial charge in [0.1, 0.15) is 23.0 Å². The first-order valence-electron chi connectivity index (χ1n) is 17.3. The molecule has 0 bridgehead atoms. The van der Waals surface area contributed by atoms with Gasteiger partial charge in [0, 0.05) is 55.9 Å². The Labute approximate surface area is 364 Å². The summed E-state index contributed by atoms with van der Waals surface area (Å²) in [5, 5.41) is 10.4. The number of halogens is 4. The van der Waals surface area contributed by atoms with Crippen LogP contribution in [0.3, 0.4) is 0 Å². The van der Waals surface area contributed by atoms with E-state index in [4.69, 9.17) is 28.3 Å². The number of nitrogens with two attached hydrogens (primary N) is 1. The van der Waals surface area contributed by atoms with Gasteiger partial charge >= 0.3 is 0 Å². The average Bonchev–Trinajstić information content (AvgIpc) is 3.81. The fraction of sp³-hybridized carbons (Fsp3) is 0.452. The standard InChI is InChI=1S/C19H23ClFN3O2S.C15H12ClFN2O2.C4H11NOS.4CH4/c1-19(2,3)27(26)23-16-8-6-12-13(16)10-24(4)17(12)18(25)22-11-5-7-15(21)14(20)9-11;1-19-7-10-9(3-5-13(10)20)14(19)15(21)18-8-2-4-12(17)11(16)6-8;1-4(2,3)7(5)6;;;;/h5,7,9-10,16,23H,6,8H2,1-4H3,(H,22,25);2,4,6-7H,3,5H2,1H3,(H,18,21);5H2,1-3H3;4*1H4. The van der Waals surface area contributed by atoms with Crippen molar-refractivity contribution in [3.05, 3.63) is 104 Å². The number of ketones is 1. The van der Waals surface area contributed by atoms with Crippen molar-refractivity contribution in [1.29, 1.82) is 0 Å². The number of anilines is 2. The van der Waals surface area contributed by atoms with Gasteiger partial charge in [-0.25, -0.2) is 21.9 Å². The maximum absolute atomic E-state index is 13.3. The first-order valence-corrected chi connectivity index (χ1v) is 20.4. The number of hydrogen-bond donors (Lipinski definition) is 4. The summed E-state index contributed by atoms with van der Waals surface area (Å²) in [5.41, 5.74) is 5.18. The molecule has 2 heterocycles. The van der Waals surface area contributed by atoms with E-state index in [1.165, 1.54) is 36.4 Å². The minimum atomic E-state index is -1.19. The van der Waals surface area contributed by atoms with Crippen molar-refractivity contribution >= 4 is 74.1 Å². The van der Waals surface area contributed by atoms with Crippen LogP contribution in [0.2, 0.25) is 10.0 Å². The van der Waals surface area contributed by atoms with E-state index >= 15 is 0 Å². The summed E-state index contributed by atoms with van der Waals surface area (Å²) >= 11 is 11.5. The molecule has 4 aromatic rings. The predicted molar refractivity (Wildman–Crippen MR) is 243 cm³/mol. The Morgan fingerprint density at radius 1 is 0.746 bits per heavy atom. The number of nitrogens with zero attached hydrogens (tertiary/aromatic N) is 2. The third-order valence-corrected chi connectivity index (χ3v) is 12.2. The number of aryl methyl sites for hydroxylation is 2. The number of carbonyl (C=O) groups excluding carboxylic acids is 3. The summed E-state index contributed by atoms with van der Waals surface area (Å²) in [5.74, 6) is -1.63. The summed E-state index contributed by atoms with van der Waals surface area (Å²) < 4.78 is 55.2. The lowest BCUT2D eigenvalue weighted by molar-refractivity contribution is 0.0989. The number of rotatable bonds is 6. The third kappa shape index (κ3) is 13.6. The van der Waals surface area contributed by atoms with Crippen LogP contribution in [-0.2, 0) is 48.9 Å². The van der Waals surface area contributed by atoms with Gasteiger partial charge in [-0.3, -0.25) is 19.5 Å². The molecule has 2 aromatic heterocycles. The summed E-state index contributed by atoms with van der Waals surface area (Å²) in [6.45, 7) is 11.3. The van der Waals surface area contributed by atoms with Crippen LogP contribution in [0, 0.1) is 11.6 Å². The van der Waals surface area contributed by atoms with Crippen LogP contribution in [0.5, 0.6) is 0 Å². The van der Waals surface area contributed by atoms with Crippen molar-refractivity contribution in [2.75, 3.05) is 10.6 Å². The van der Waals surface area contributed by atoms with Crippen LogP contribution < -0.4 is 20.5 Å². The normalized spacial score (nSPS) is 14.8. The van der Waals surface area contributed by atoms with E-state index in [9.17, 15) is 31.6 Å². The highest BCUT2D eigenvalue weighted by atomic mass is 35.5. The molecule has 3 atom stereocenters. The Morgan fingerprint density at radius 2 is 1.19 bits per heavy atom. The Hall–Kier alpha value is -3.73. The van der Waals surface area contributed by atoms with E-state index in [-0.39, 0.29) is 72.9 Å². The quantitative estimate of drug-likeness (QED) is 0.152. The molecule has 0 saturated heterocycles. The molecule has 17 heteroatoms. The lowest BCUT2D eigenvalue weighted by Crippen LogP contribution is -2.35. The van der Waals surface area contributed by atoms with Crippen molar-refractivity contribution in [3.8, 4) is 0 Å². The highest BCUT2D eigenvalue weighted by molar-refractivity contribution is 7.84. The first kappa shape index (κ1) is 55.3. The van der Waals surface area contributed by atoms with Crippen LogP contribution in [-0.4, -0.2) is 44.6 Å². The molecule has 2 aromatic carbocycles. The van der Waals surface area contributed by atoms with Gasteiger partial charge in [0.15, 0.2) is 5.78 Å². The summed E-state index contributed by atoms with van der Waals surface area (Å²) in [7, 11) is 1.16. The third-order valence-electron chi connectivity index (χ3n) is 8.76. The molecule has 0 saturated carbocycles. The SMILES string of the molecule is C.C.C.C.CC(C)(C)S(N)=O.Cn1cc2c(c1C(=O)Nc1ccc(F)c(Cl)c1)CCC2=O.Cn1cc2c(c1C(=O)Nc1ccc(F)c(Cl)c1)CCC2NS(=O)C(C)(C)C. The maximum Gasteiger partial charge on any atom is 0.272 e. The summed E-state index contributed by atoms with van der Waals surface area (Å²) in [4.78, 5) is 36.9. The second kappa shape index (κ2) is 22.2.